The number of phenols is 1. The number of anilines is 1. The summed E-state index contributed by atoms with van der Waals surface area (Å²) in [6.45, 7) is 9.87. The van der Waals surface area contributed by atoms with E-state index in [-0.39, 0.29) is 57.1 Å². The first-order chi connectivity index (χ1) is 22.8. The van der Waals surface area contributed by atoms with E-state index in [0.29, 0.717) is 26.3 Å². The van der Waals surface area contributed by atoms with Gasteiger partial charge in [-0.3, -0.25) is 9.59 Å². The van der Waals surface area contributed by atoms with E-state index in [1.807, 2.05) is 36.4 Å². The quantitative estimate of drug-likeness (QED) is 0.337. The van der Waals surface area contributed by atoms with Crippen molar-refractivity contribution in [2.75, 3.05) is 50.8 Å². The molecule has 48 heavy (non-hydrogen) atoms. The molecule has 3 aliphatic rings. The standard InChI is InChI=1S/C36H42N6O5.CH4/c1-3-15-40-25-34(44)41-32(20-27-11-13-30(43)14-12-27)35(45)39(23-29-10-9-26(2)31(21-29)38-16-18-47-19-17-38)24-33(41)42(40)36(46)37-22-28-7-5-4-6-8-28;/h3-14,21,32-33,43H,1,15-20,22-25H2,2H3,(H,37,46);1H4/t32-,33-;/m0./s1. The first kappa shape index (κ1) is 34.5. The van der Waals surface area contributed by atoms with Crippen molar-refractivity contribution in [1.82, 2.24) is 25.1 Å². The van der Waals surface area contributed by atoms with Crippen molar-refractivity contribution >= 4 is 23.5 Å². The summed E-state index contributed by atoms with van der Waals surface area (Å²) in [6, 6.07) is 21.3. The molecular weight excluding hydrogens is 608 g/mol. The van der Waals surface area contributed by atoms with Crippen LogP contribution >= 0.6 is 0 Å². The third-order valence-electron chi connectivity index (χ3n) is 9.03. The molecule has 11 heteroatoms. The van der Waals surface area contributed by atoms with E-state index in [1.165, 1.54) is 0 Å². The van der Waals surface area contributed by atoms with Crippen LogP contribution in [0.3, 0.4) is 0 Å². The minimum Gasteiger partial charge on any atom is -0.508 e. The Kier molecular flexibility index (Phi) is 11.0. The number of ether oxygens (including phenoxy) is 1. The van der Waals surface area contributed by atoms with Crippen LogP contribution < -0.4 is 10.2 Å². The fraction of sp³-hybridized carbons (Fsp3) is 0.378. The average molecular weight is 655 g/mol. The highest BCUT2D eigenvalue weighted by atomic mass is 16.5. The summed E-state index contributed by atoms with van der Waals surface area (Å²) in [5.74, 6) is -0.294. The molecule has 3 fully saturated rings. The van der Waals surface area contributed by atoms with Crippen molar-refractivity contribution in [3.8, 4) is 5.75 Å². The summed E-state index contributed by atoms with van der Waals surface area (Å²) in [6.07, 6.45) is 1.17. The van der Waals surface area contributed by atoms with Gasteiger partial charge in [0.2, 0.25) is 11.8 Å². The Bertz CT molecular complexity index is 1590. The second-order valence-corrected chi connectivity index (χ2v) is 12.2. The number of phenolic OH excluding ortho intramolecular Hbond substituents is 1. The maximum atomic E-state index is 14.4. The van der Waals surface area contributed by atoms with Crippen molar-refractivity contribution in [2.24, 2.45) is 0 Å². The molecule has 0 aromatic heterocycles. The third kappa shape index (κ3) is 7.48. The Hall–Kier alpha value is -4.87. The smallest absolute Gasteiger partial charge is 0.334 e. The molecule has 3 aliphatic heterocycles. The first-order valence-electron chi connectivity index (χ1n) is 16.1. The molecule has 254 valence electrons. The zero-order valence-electron chi connectivity index (χ0n) is 26.8. The van der Waals surface area contributed by atoms with Crippen LogP contribution in [-0.2, 0) is 33.8 Å². The number of rotatable bonds is 9. The molecule has 3 saturated heterocycles. The minimum atomic E-state index is -0.842. The number of aromatic hydroxyl groups is 1. The van der Waals surface area contributed by atoms with Crippen LogP contribution in [0.15, 0.2) is 85.5 Å². The lowest BCUT2D eigenvalue weighted by Crippen LogP contribution is -2.76. The molecule has 3 aromatic carbocycles. The fourth-order valence-corrected chi connectivity index (χ4v) is 6.67. The minimum absolute atomic E-state index is 0. The number of benzene rings is 3. The molecule has 4 amide bonds. The van der Waals surface area contributed by atoms with Gasteiger partial charge in [-0.1, -0.05) is 68.1 Å². The van der Waals surface area contributed by atoms with E-state index >= 15 is 0 Å². The second-order valence-electron chi connectivity index (χ2n) is 12.2. The number of hydrogen-bond donors (Lipinski definition) is 2. The van der Waals surface area contributed by atoms with E-state index in [0.717, 1.165) is 41.0 Å². The highest BCUT2D eigenvalue weighted by Crippen LogP contribution is 2.31. The fourth-order valence-electron chi connectivity index (χ4n) is 6.67. The zero-order chi connectivity index (χ0) is 32.9. The van der Waals surface area contributed by atoms with Gasteiger partial charge in [0.1, 0.15) is 18.0 Å². The molecule has 3 heterocycles. The number of piperazine rings is 1. The maximum absolute atomic E-state index is 14.4. The van der Waals surface area contributed by atoms with Crippen LogP contribution in [0.1, 0.15) is 29.7 Å². The zero-order valence-corrected chi connectivity index (χ0v) is 26.8. The van der Waals surface area contributed by atoms with E-state index in [9.17, 15) is 19.5 Å². The first-order valence-corrected chi connectivity index (χ1v) is 16.1. The molecule has 0 aliphatic carbocycles. The van der Waals surface area contributed by atoms with Crippen LogP contribution in [0.4, 0.5) is 10.5 Å². The molecular formula is C37H46N6O5. The number of nitrogens with one attached hydrogen (secondary N) is 1. The molecule has 11 nitrogen and oxygen atoms in total. The summed E-state index contributed by atoms with van der Waals surface area (Å²) in [7, 11) is 0. The normalized spacial score (nSPS) is 19.9. The van der Waals surface area contributed by atoms with E-state index < -0.39 is 12.2 Å². The van der Waals surface area contributed by atoms with Crippen molar-refractivity contribution in [3.05, 3.63) is 108 Å². The lowest BCUT2D eigenvalue weighted by molar-refractivity contribution is -0.189. The molecule has 6 rings (SSSR count). The van der Waals surface area contributed by atoms with E-state index in [4.69, 9.17) is 4.74 Å². The van der Waals surface area contributed by atoms with Gasteiger partial charge in [0.05, 0.1) is 26.3 Å². The number of morpholine rings is 1. The summed E-state index contributed by atoms with van der Waals surface area (Å²) < 4.78 is 5.56. The SMILES string of the molecule is C.C=CCN1CC(=O)N2[C@@H](Cc3ccc(O)cc3)C(=O)N(Cc3ccc(C)c(N4CCOCC4)c3)C[C@@H]2N1C(=O)NCc1ccccc1. The number of carbonyl (C=O) groups is 3. The Morgan fingerprint density at radius 3 is 2.42 bits per heavy atom. The molecule has 0 spiro atoms. The molecule has 2 N–H and O–H groups in total. The summed E-state index contributed by atoms with van der Waals surface area (Å²) in [5, 5.41) is 16.2. The van der Waals surface area contributed by atoms with Crippen LogP contribution in [0, 0.1) is 6.92 Å². The van der Waals surface area contributed by atoms with Gasteiger partial charge < -0.3 is 29.9 Å². The van der Waals surface area contributed by atoms with Gasteiger partial charge in [-0.2, -0.15) is 0 Å². The summed E-state index contributed by atoms with van der Waals surface area (Å²) in [4.78, 5) is 47.8. The van der Waals surface area contributed by atoms with Gasteiger partial charge >= 0.3 is 6.03 Å². The predicted octanol–water partition coefficient (Wildman–Crippen LogP) is 3.91. The van der Waals surface area contributed by atoms with Crippen LogP contribution in [0.25, 0.3) is 0 Å². The molecule has 3 aromatic rings. The van der Waals surface area contributed by atoms with Crippen molar-refractivity contribution in [3.63, 3.8) is 0 Å². The van der Waals surface area contributed by atoms with Crippen molar-refractivity contribution in [2.45, 2.75) is 46.1 Å². The van der Waals surface area contributed by atoms with Gasteiger partial charge in [-0.05, 0) is 47.4 Å². The van der Waals surface area contributed by atoms with Gasteiger partial charge in [0.25, 0.3) is 0 Å². The number of nitrogens with zero attached hydrogens (tertiary/aromatic N) is 5. The lowest BCUT2D eigenvalue weighted by atomic mass is 9.98. The van der Waals surface area contributed by atoms with Gasteiger partial charge in [0, 0.05) is 44.8 Å². The van der Waals surface area contributed by atoms with Crippen LogP contribution in [0.5, 0.6) is 5.75 Å². The Morgan fingerprint density at radius 2 is 1.71 bits per heavy atom. The lowest BCUT2D eigenvalue weighted by Gasteiger charge is -2.55. The molecule has 0 unspecified atom stereocenters. The van der Waals surface area contributed by atoms with Crippen LogP contribution in [0.2, 0.25) is 0 Å². The average Bonchev–Trinajstić information content (AvgIpc) is 3.08. The number of urea groups is 1. The largest absolute Gasteiger partial charge is 0.508 e. The molecule has 0 bridgehead atoms. The van der Waals surface area contributed by atoms with Gasteiger partial charge in [0.15, 0.2) is 0 Å². The monoisotopic (exact) mass is 654 g/mol. The number of hydrogen-bond acceptors (Lipinski definition) is 7. The third-order valence-corrected chi connectivity index (χ3v) is 9.03. The Labute approximate surface area is 282 Å². The predicted molar refractivity (Wildman–Crippen MR) is 185 cm³/mol. The highest BCUT2D eigenvalue weighted by Gasteiger charge is 2.51. The molecule has 0 radical (unpaired) electrons. The highest BCUT2D eigenvalue weighted by molar-refractivity contribution is 5.91. The van der Waals surface area contributed by atoms with Gasteiger partial charge in [-0.25, -0.2) is 14.8 Å². The summed E-state index contributed by atoms with van der Waals surface area (Å²) >= 11 is 0. The molecule has 0 saturated carbocycles. The Balaban J connectivity index is 0.00000451. The number of amides is 4. The van der Waals surface area contributed by atoms with Crippen molar-refractivity contribution < 1.29 is 24.2 Å². The second kappa shape index (κ2) is 15.4. The van der Waals surface area contributed by atoms with E-state index in [1.54, 1.807) is 50.2 Å². The van der Waals surface area contributed by atoms with Crippen molar-refractivity contribution in [1.29, 1.82) is 0 Å². The number of aryl methyl sites for hydroxylation is 1. The van der Waals surface area contributed by atoms with Gasteiger partial charge in [-0.15, -0.1) is 6.58 Å². The number of hydrazine groups is 1. The Morgan fingerprint density at radius 1 is 1.00 bits per heavy atom. The number of fused-ring (bicyclic) bond motifs is 1. The van der Waals surface area contributed by atoms with Crippen LogP contribution in [-0.4, -0.2) is 101 Å². The summed E-state index contributed by atoms with van der Waals surface area (Å²) in [5.41, 5.74) is 4.98. The topological polar surface area (TPSA) is 109 Å². The maximum Gasteiger partial charge on any atom is 0.334 e. The molecule has 2 atom stereocenters. The number of carbonyl (C=O) groups excluding carboxylic acids is 3. The van der Waals surface area contributed by atoms with E-state index in [2.05, 4.69) is 35.9 Å².